The Kier molecular flexibility index (Phi) is 7.38. The molecule has 0 radical (unpaired) electrons. The van der Waals surface area contributed by atoms with E-state index in [0.717, 1.165) is 30.5 Å². The Morgan fingerprint density at radius 3 is 2.29 bits per heavy atom. The molecule has 0 amide bonds. The van der Waals surface area contributed by atoms with Crippen molar-refractivity contribution in [3.05, 3.63) is 59.7 Å². The number of halogens is 6. The first-order valence-electron chi connectivity index (χ1n) is 9.50. The predicted octanol–water partition coefficient (Wildman–Crippen LogP) is 5.38. The molecule has 34 heavy (non-hydrogen) atoms. The second kappa shape index (κ2) is 10.2. The largest absolute Gasteiger partial charge is 0.573 e. The van der Waals surface area contributed by atoms with Crippen molar-refractivity contribution in [2.45, 2.75) is 19.5 Å². The lowest BCUT2D eigenvalue weighted by Gasteiger charge is -2.11. The average molecular weight is 486 g/mol. The van der Waals surface area contributed by atoms with Crippen molar-refractivity contribution in [2.75, 3.05) is 17.3 Å². The minimum Gasteiger partial charge on any atom is -0.464 e. The van der Waals surface area contributed by atoms with E-state index in [1.165, 1.54) is 24.3 Å². The monoisotopic (exact) mass is 486 g/mol. The average Bonchev–Trinajstić information content (AvgIpc) is 2.74. The van der Waals surface area contributed by atoms with E-state index in [0.29, 0.717) is 5.69 Å². The number of alkyl halides is 6. The van der Waals surface area contributed by atoms with Gasteiger partial charge in [0, 0.05) is 5.69 Å². The lowest BCUT2D eigenvalue weighted by Crippen LogP contribution is -2.17. The summed E-state index contributed by atoms with van der Waals surface area (Å²) in [6, 6.07) is 9.25. The molecule has 1 heterocycles. The molecule has 8 nitrogen and oxygen atoms in total. The number of hydrazone groups is 1. The summed E-state index contributed by atoms with van der Waals surface area (Å²) in [4.78, 5) is 12.0. The summed E-state index contributed by atoms with van der Waals surface area (Å²) in [7, 11) is 0. The second-order valence-corrected chi connectivity index (χ2v) is 6.39. The van der Waals surface area contributed by atoms with Gasteiger partial charge in [-0.05, 0) is 48.9 Å². The summed E-state index contributed by atoms with van der Waals surface area (Å²) in [5.74, 6) is -0.532. The van der Waals surface area contributed by atoms with Gasteiger partial charge in [-0.25, -0.2) is 5.43 Å². The summed E-state index contributed by atoms with van der Waals surface area (Å²) in [6.45, 7) is 1.91. The SMILES string of the molecule is CCOc1nc(N/N=C/c2cccc(C(F)(F)F)c2)nc(Nc2ccc(OC(F)(F)F)cc2)n1. The summed E-state index contributed by atoms with van der Waals surface area (Å²) >= 11 is 0. The normalized spacial score (nSPS) is 12.0. The number of nitrogens with zero attached hydrogens (tertiary/aromatic N) is 4. The van der Waals surface area contributed by atoms with Gasteiger partial charge in [0.25, 0.3) is 5.95 Å². The maximum Gasteiger partial charge on any atom is 0.573 e. The molecule has 0 aliphatic carbocycles. The predicted molar refractivity (Wildman–Crippen MR) is 110 cm³/mol. The molecule has 0 bridgehead atoms. The van der Waals surface area contributed by atoms with Crippen molar-refractivity contribution < 1.29 is 35.8 Å². The van der Waals surface area contributed by atoms with Crippen LogP contribution in [0.1, 0.15) is 18.1 Å². The molecule has 0 atom stereocenters. The zero-order valence-electron chi connectivity index (χ0n) is 17.3. The Bertz CT molecular complexity index is 1140. The molecule has 0 aliphatic rings. The molecule has 3 rings (SSSR count). The van der Waals surface area contributed by atoms with E-state index >= 15 is 0 Å². The van der Waals surface area contributed by atoms with E-state index in [4.69, 9.17) is 4.74 Å². The number of anilines is 3. The molecule has 0 spiro atoms. The van der Waals surface area contributed by atoms with Crippen molar-refractivity contribution in [1.29, 1.82) is 0 Å². The Labute approximate surface area is 188 Å². The Hall–Kier alpha value is -4.10. The number of ether oxygens (including phenoxy) is 2. The molecule has 1 aromatic heterocycles. The first kappa shape index (κ1) is 24.5. The van der Waals surface area contributed by atoms with Crippen LogP contribution >= 0.6 is 0 Å². The number of aromatic nitrogens is 3. The highest BCUT2D eigenvalue weighted by atomic mass is 19.4. The van der Waals surface area contributed by atoms with E-state index in [9.17, 15) is 26.3 Å². The van der Waals surface area contributed by atoms with Crippen LogP contribution in [-0.2, 0) is 6.18 Å². The molecule has 0 fully saturated rings. The fourth-order valence-corrected chi connectivity index (χ4v) is 2.48. The summed E-state index contributed by atoms with van der Waals surface area (Å²) in [5, 5.41) is 6.60. The van der Waals surface area contributed by atoms with E-state index in [1.54, 1.807) is 6.92 Å². The third kappa shape index (κ3) is 7.50. The molecular formula is C20H16F6N6O2. The maximum absolute atomic E-state index is 12.8. The van der Waals surface area contributed by atoms with Crippen LogP contribution in [0.25, 0.3) is 0 Å². The first-order chi connectivity index (χ1) is 16.0. The highest BCUT2D eigenvalue weighted by molar-refractivity contribution is 5.80. The standard InChI is InChI=1S/C20H16F6N6O2/c1-2-33-18-30-16(28-14-6-8-15(9-7-14)34-20(24,25)26)29-17(31-18)32-27-11-12-4-3-5-13(10-12)19(21,22)23/h3-11H,2H2,1H3,(H2,28,29,30,31,32)/b27-11+. The van der Waals surface area contributed by atoms with Gasteiger partial charge in [-0.1, -0.05) is 12.1 Å². The Morgan fingerprint density at radius 2 is 1.65 bits per heavy atom. The van der Waals surface area contributed by atoms with Crippen LogP contribution in [0.15, 0.2) is 53.6 Å². The third-order valence-electron chi connectivity index (χ3n) is 3.82. The topological polar surface area (TPSA) is 93.5 Å². The highest BCUT2D eigenvalue weighted by Gasteiger charge is 2.31. The van der Waals surface area contributed by atoms with Crippen molar-refractivity contribution >= 4 is 23.8 Å². The zero-order chi connectivity index (χ0) is 24.8. The third-order valence-corrected chi connectivity index (χ3v) is 3.82. The van der Waals surface area contributed by atoms with Crippen molar-refractivity contribution in [1.82, 2.24) is 15.0 Å². The smallest absolute Gasteiger partial charge is 0.464 e. The number of hydrogen-bond donors (Lipinski definition) is 2. The van der Waals surface area contributed by atoms with Gasteiger partial charge in [0.15, 0.2) is 0 Å². The summed E-state index contributed by atoms with van der Waals surface area (Å²) < 4.78 is 84.4. The van der Waals surface area contributed by atoms with Gasteiger partial charge in [-0.15, -0.1) is 13.2 Å². The van der Waals surface area contributed by atoms with Gasteiger partial charge in [-0.2, -0.15) is 33.2 Å². The number of nitrogens with one attached hydrogen (secondary N) is 2. The van der Waals surface area contributed by atoms with Crippen LogP contribution in [0, 0.1) is 0 Å². The summed E-state index contributed by atoms with van der Waals surface area (Å²) in [6.07, 6.45) is -8.16. The molecule has 3 aromatic rings. The number of rotatable bonds is 8. The second-order valence-electron chi connectivity index (χ2n) is 6.39. The van der Waals surface area contributed by atoms with Crippen LogP contribution < -0.4 is 20.2 Å². The molecule has 2 N–H and O–H groups in total. The molecule has 0 saturated heterocycles. The molecule has 2 aromatic carbocycles. The molecule has 0 saturated carbocycles. The summed E-state index contributed by atoms with van der Waals surface area (Å²) in [5.41, 5.74) is 2.16. The van der Waals surface area contributed by atoms with Crippen molar-refractivity contribution in [3.63, 3.8) is 0 Å². The van der Waals surface area contributed by atoms with Gasteiger partial charge >= 0.3 is 18.5 Å². The lowest BCUT2D eigenvalue weighted by molar-refractivity contribution is -0.274. The van der Waals surface area contributed by atoms with Crippen LogP contribution in [0.4, 0.5) is 43.9 Å². The number of hydrogen-bond acceptors (Lipinski definition) is 8. The fraction of sp³-hybridized carbons (Fsp3) is 0.200. The Morgan fingerprint density at radius 1 is 0.941 bits per heavy atom. The molecule has 180 valence electrons. The fourth-order valence-electron chi connectivity index (χ4n) is 2.48. The highest BCUT2D eigenvalue weighted by Crippen LogP contribution is 2.29. The van der Waals surface area contributed by atoms with Crippen LogP contribution in [0.3, 0.4) is 0 Å². The number of benzene rings is 2. The van der Waals surface area contributed by atoms with Crippen LogP contribution in [-0.4, -0.2) is 34.1 Å². The Balaban J connectivity index is 1.74. The zero-order valence-corrected chi connectivity index (χ0v) is 17.3. The molecule has 0 unspecified atom stereocenters. The quantitative estimate of drug-likeness (QED) is 0.251. The first-order valence-corrected chi connectivity index (χ1v) is 9.50. The van der Waals surface area contributed by atoms with Crippen LogP contribution in [0.5, 0.6) is 11.8 Å². The van der Waals surface area contributed by atoms with Crippen molar-refractivity contribution in [3.8, 4) is 11.8 Å². The minimum absolute atomic E-state index is 0.0280. The molecule has 14 heteroatoms. The van der Waals surface area contributed by atoms with Gasteiger partial charge in [0.1, 0.15) is 5.75 Å². The lowest BCUT2D eigenvalue weighted by atomic mass is 10.1. The van der Waals surface area contributed by atoms with E-state index < -0.39 is 23.9 Å². The van der Waals surface area contributed by atoms with Gasteiger partial charge in [0.2, 0.25) is 5.95 Å². The molecular weight excluding hydrogens is 470 g/mol. The van der Waals surface area contributed by atoms with Gasteiger partial charge in [0.05, 0.1) is 18.4 Å². The maximum atomic E-state index is 12.8. The van der Waals surface area contributed by atoms with E-state index in [2.05, 4.69) is 35.5 Å². The minimum atomic E-state index is -4.81. The van der Waals surface area contributed by atoms with Crippen molar-refractivity contribution in [2.24, 2.45) is 5.10 Å². The van der Waals surface area contributed by atoms with Gasteiger partial charge < -0.3 is 14.8 Å². The van der Waals surface area contributed by atoms with E-state index in [-0.39, 0.29) is 30.1 Å². The van der Waals surface area contributed by atoms with Gasteiger partial charge in [-0.3, -0.25) is 0 Å². The molecule has 0 aliphatic heterocycles. The van der Waals surface area contributed by atoms with Crippen LogP contribution in [0.2, 0.25) is 0 Å². The van der Waals surface area contributed by atoms with E-state index in [1.807, 2.05) is 0 Å².